The van der Waals surface area contributed by atoms with E-state index in [1.165, 1.54) is 18.3 Å². The van der Waals surface area contributed by atoms with E-state index in [9.17, 15) is 9.18 Å². The molecule has 0 aliphatic heterocycles. The second kappa shape index (κ2) is 4.99. The van der Waals surface area contributed by atoms with Gasteiger partial charge in [0.15, 0.2) is 11.6 Å². The fraction of sp³-hybridized carbons (Fsp3) is 0.167. The molecular formula is C12H10FNOS. The van der Waals surface area contributed by atoms with E-state index in [1.54, 1.807) is 11.3 Å². The van der Waals surface area contributed by atoms with Crippen LogP contribution in [0.1, 0.15) is 21.8 Å². The number of pyridine rings is 1. The lowest BCUT2D eigenvalue weighted by Gasteiger charge is -2.00. The lowest BCUT2D eigenvalue weighted by Crippen LogP contribution is -2.06. The lowest BCUT2D eigenvalue weighted by atomic mass is 10.1. The first-order chi connectivity index (χ1) is 7.77. The van der Waals surface area contributed by atoms with Crippen LogP contribution < -0.4 is 0 Å². The van der Waals surface area contributed by atoms with Crippen molar-refractivity contribution in [2.24, 2.45) is 0 Å². The van der Waals surface area contributed by atoms with E-state index in [0.29, 0.717) is 12.8 Å². The van der Waals surface area contributed by atoms with Crippen LogP contribution >= 0.6 is 11.3 Å². The number of rotatable bonds is 4. The molecule has 2 rings (SSSR count). The van der Waals surface area contributed by atoms with Crippen molar-refractivity contribution in [2.75, 3.05) is 0 Å². The number of hydrogen-bond acceptors (Lipinski definition) is 3. The molecule has 0 aromatic carbocycles. The number of Topliss-reactive ketones (excluding diaryl/α,β-unsaturated/α-hetero) is 1. The van der Waals surface area contributed by atoms with Gasteiger partial charge in [-0.25, -0.2) is 4.39 Å². The molecule has 0 spiro atoms. The first kappa shape index (κ1) is 11.0. The zero-order chi connectivity index (χ0) is 11.4. The maximum absolute atomic E-state index is 13.2. The standard InChI is InChI=1S/C12H10FNOS/c13-10-4-1-7-14-12(10)11(15)6-5-9-3-2-8-16-9/h1-4,7-8H,5-6H2. The Kier molecular flexibility index (Phi) is 3.41. The second-order valence-electron chi connectivity index (χ2n) is 3.34. The van der Waals surface area contributed by atoms with Crippen molar-refractivity contribution in [1.29, 1.82) is 0 Å². The number of aromatic nitrogens is 1. The molecular weight excluding hydrogens is 225 g/mol. The molecule has 0 saturated carbocycles. The molecule has 0 atom stereocenters. The van der Waals surface area contributed by atoms with Gasteiger partial charge >= 0.3 is 0 Å². The van der Waals surface area contributed by atoms with Crippen molar-refractivity contribution in [3.63, 3.8) is 0 Å². The summed E-state index contributed by atoms with van der Waals surface area (Å²) in [6.45, 7) is 0. The van der Waals surface area contributed by atoms with Gasteiger partial charge in [-0.1, -0.05) is 6.07 Å². The Morgan fingerprint density at radius 3 is 2.94 bits per heavy atom. The molecule has 82 valence electrons. The summed E-state index contributed by atoms with van der Waals surface area (Å²) in [6.07, 6.45) is 2.38. The molecule has 16 heavy (non-hydrogen) atoms. The van der Waals surface area contributed by atoms with Crippen LogP contribution in [0.2, 0.25) is 0 Å². The van der Waals surface area contributed by atoms with Gasteiger partial charge in [0.25, 0.3) is 0 Å². The summed E-state index contributed by atoms with van der Waals surface area (Å²) < 4.78 is 13.2. The third-order valence-electron chi connectivity index (χ3n) is 2.20. The van der Waals surface area contributed by atoms with Crippen LogP contribution in [0.3, 0.4) is 0 Å². The summed E-state index contributed by atoms with van der Waals surface area (Å²) in [4.78, 5) is 16.5. The van der Waals surface area contributed by atoms with Gasteiger partial charge in [0.1, 0.15) is 5.69 Å². The van der Waals surface area contributed by atoms with Crippen LogP contribution in [0.25, 0.3) is 0 Å². The van der Waals surface area contributed by atoms with E-state index in [0.717, 1.165) is 4.88 Å². The topological polar surface area (TPSA) is 30.0 Å². The van der Waals surface area contributed by atoms with Crippen molar-refractivity contribution >= 4 is 17.1 Å². The molecule has 0 fully saturated rings. The van der Waals surface area contributed by atoms with E-state index in [2.05, 4.69) is 4.98 Å². The molecule has 4 heteroatoms. The van der Waals surface area contributed by atoms with Crippen LogP contribution in [-0.4, -0.2) is 10.8 Å². The first-order valence-electron chi connectivity index (χ1n) is 4.93. The minimum absolute atomic E-state index is 0.0564. The first-order valence-corrected chi connectivity index (χ1v) is 5.81. The Morgan fingerprint density at radius 1 is 1.38 bits per heavy atom. The molecule has 0 N–H and O–H groups in total. The Balaban J connectivity index is 2.01. The number of nitrogens with zero attached hydrogens (tertiary/aromatic N) is 1. The van der Waals surface area contributed by atoms with Gasteiger partial charge in [0, 0.05) is 17.5 Å². The Labute approximate surface area is 96.8 Å². The molecule has 0 amide bonds. The molecule has 0 aliphatic rings. The van der Waals surface area contributed by atoms with E-state index in [1.807, 2.05) is 17.5 Å². The van der Waals surface area contributed by atoms with Gasteiger partial charge in [-0.05, 0) is 30.0 Å². The molecule has 0 unspecified atom stereocenters. The molecule has 2 nitrogen and oxygen atoms in total. The van der Waals surface area contributed by atoms with Gasteiger partial charge in [0.05, 0.1) is 0 Å². The average molecular weight is 235 g/mol. The predicted octanol–water partition coefficient (Wildman–Crippen LogP) is 3.10. The number of aryl methyl sites for hydroxylation is 1. The minimum atomic E-state index is -0.543. The number of thiophene rings is 1. The number of halogens is 1. The Morgan fingerprint density at radius 2 is 2.25 bits per heavy atom. The summed E-state index contributed by atoms with van der Waals surface area (Å²) in [5.41, 5.74) is -0.0564. The summed E-state index contributed by atoms with van der Waals surface area (Å²) in [7, 11) is 0. The van der Waals surface area contributed by atoms with E-state index < -0.39 is 5.82 Å². The van der Waals surface area contributed by atoms with Crippen LogP contribution in [0.5, 0.6) is 0 Å². The second-order valence-corrected chi connectivity index (χ2v) is 4.37. The molecule has 0 saturated heterocycles. The van der Waals surface area contributed by atoms with Gasteiger partial charge in [-0.2, -0.15) is 0 Å². The highest BCUT2D eigenvalue weighted by Gasteiger charge is 2.12. The number of ketones is 1. The molecule has 0 radical (unpaired) electrons. The molecule has 2 heterocycles. The van der Waals surface area contributed by atoms with E-state index in [4.69, 9.17) is 0 Å². The minimum Gasteiger partial charge on any atom is -0.292 e. The zero-order valence-electron chi connectivity index (χ0n) is 8.52. The molecule has 0 aliphatic carbocycles. The number of carbonyl (C=O) groups is 1. The third-order valence-corrected chi connectivity index (χ3v) is 3.14. The van der Waals surface area contributed by atoms with Crippen molar-refractivity contribution in [3.8, 4) is 0 Å². The summed E-state index contributed by atoms with van der Waals surface area (Å²) >= 11 is 1.60. The highest BCUT2D eigenvalue weighted by atomic mass is 32.1. The van der Waals surface area contributed by atoms with E-state index >= 15 is 0 Å². The van der Waals surface area contributed by atoms with E-state index in [-0.39, 0.29) is 11.5 Å². The highest BCUT2D eigenvalue weighted by molar-refractivity contribution is 7.09. The summed E-state index contributed by atoms with van der Waals surface area (Å²) in [5, 5.41) is 1.96. The van der Waals surface area contributed by atoms with Gasteiger partial charge in [0.2, 0.25) is 0 Å². The SMILES string of the molecule is O=C(CCc1cccs1)c1ncccc1F. The van der Waals surface area contributed by atoms with Crippen molar-refractivity contribution in [1.82, 2.24) is 4.98 Å². The van der Waals surface area contributed by atoms with Gasteiger partial charge in [-0.15, -0.1) is 11.3 Å². The maximum atomic E-state index is 13.2. The fourth-order valence-electron chi connectivity index (χ4n) is 1.40. The monoisotopic (exact) mass is 235 g/mol. The zero-order valence-corrected chi connectivity index (χ0v) is 9.34. The Bertz CT molecular complexity index is 482. The van der Waals surface area contributed by atoms with Gasteiger partial charge in [-0.3, -0.25) is 9.78 Å². The van der Waals surface area contributed by atoms with Gasteiger partial charge < -0.3 is 0 Å². The predicted molar refractivity (Wildman–Crippen MR) is 61.2 cm³/mol. The molecule has 2 aromatic rings. The van der Waals surface area contributed by atoms with Crippen molar-refractivity contribution in [2.45, 2.75) is 12.8 Å². The van der Waals surface area contributed by atoms with Crippen molar-refractivity contribution < 1.29 is 9.18 Å². The number of hydrogen-bond donors (Lipinski definition) is 0. The van der Waals surface area contributed by atoms with Crippen LogP contribution in [0.15, 0.2) is 35.8 Å². The summed E-state index contributed by atoms with van der Waals surface area (Å²) in [5.74, 6) is -0.787. The molecule has 0 bridgehead atoms. The normalized spacial score (nSPS) is 10.3. The molecule has 2 aromatic heterocycles. The fourth-order valence-corrected chi connectivity index (χ4v) is 2.11. The largest absolute Gasteiger partial charge is 0.292 e. The van der Waals surface area contributed by atoms with Crippen LogP contribution in [0.4, 0.5) is 4.39 Å². The smallest absolute Gasteiger partial charge is 0.184 e. The third kappa shape index (κ3) is 2.52. The Hall–Kier alpha value is -1.55. The van der Waals surface area contributed by atoms with Crippen LogP contribution in [-0.2, 0) is 6.42 Å². The maximum Gasteiger partial charge on any atom is 0.184 e. The highest BCUT2D eigenvalue weighted by Crippen LogP contribution is 2.13. The van der Waals surface area contributed by atoms with Crippen molar-refractivity contribution in [3.05, 3.63) is 52.2 Å². The summed E-state index contributed by atoms with van der Waals surface area (Å²) in [6, 6.07) is 6.63. The van der Waals surface area contributed by atoms with Crippen LogP contribution in [0, 0.1) is 5.82 Å². The lowest BCUT2D eigenvalue weighted by molar-refractivity contribution is 0.0974. The average Bonchev–Trinajstić information content (AvgIpc) is 2.79. The quantitative estimate of drug-likeness (QED) is 0.762. The number of carbonyl (C=O) groups excluding carboxylic acids is 1.